The number of esters is 1. The van der Waals surface area contributed by atoms with Gasteiger partial charge in [-0.25, -0.2) is 4.79 Å². The molecule has 0 heterocycles. The van der Waals surface area contributed by atoms with Gasteiger partial charge >= 0.3 is 5.97 Å². The van der Waals surface area contributed by atoms with Gasteiger partial charge in [0, 0.05) is 6.08 Å². The monoisotopic (exact) mass is 268 g/mol. The van der Waals surface area contributed by atoms with Gasteiger partial charge in [0.15, 0.2) is 0 Å². The highest BCUT2D eigenvalue weighted by Gasteiger charge is 2.03. The summed E-state index contributed by atoms with van der Waals surface area (Å²) in [6, 6.07) is 7.27. The van der Waals surface area contributed by atoms with E-state index in [1.165, 1.54) is 6.08 Å². The van der Waals surface area contributed by atoms with Crippen molar-refractivity contribution >= 4 is 21.9 Å². The molecule has 1 aromatic rings. The van der Waals surface area contributed by atoms with Gasteiger partial charge in [-0.2, -0.15) is 0 Å². The van der Waals surface area contributed by atoms with Crippen LogP contribution < -0.4 is 4.74 Å². The Hall–Kier alpha value is -1.09. The molecule has 0 N–H and O–H groups in total. The van der Waals surface area contributed by atoms with Crippen LogP contribution in [0.25, 0.3) is 0 Å². The number of benzene rings is 1. The summed E-state index contributed by atoms with van der Waals surface area (Å²) in [7, 11) is 0. The molecule has 0 saturated carbocycles. The van der Waals surface area contributed by atoms with Crippen LogP contribution in [0.3, 0.4) is 0 Å². The second-order valence-electron chi connectivity index (χ2n) is 3.04. The molecule has 0 atom stereocenters. The van der Waals surface area contributed by atoms with Crippen molar-refractivity contribution in [3.05, 3.63) is 40.9 Å². The van der Waals surface area contributed by atoms with Crippen LogP contribution >= 0.6 is 15.9 Å². The summed E-state index contributed by atoms with van der Waals surface area (Å²) in [6.45, 7) is 2.06. The van der Waals surface area contributed by atoms with Crippen LogP contribution in [0, 0.1) is 0 Å². The van der Waals surface area contributed by atoms with E-state index in [1.54, 1.807) is 6.07 Å². The van der Waals surface area contributed by atoms with E-state index in [0.29, 0.717) is 5.75 Å². The molecule has 3 heteroatoms. The molecule has 0 aliphatic heterocycles. The molecule has 0 bridgehead atoms. The van der Waals surface area contributed by atoms with E-state index in [0.717, 1.165) is 17.3 Å². The Bertz CT molecular complexity index is 358. The van der Waals surface area contributed by atoms with Crippen molar-refractivity contribution in [1.29, 1.82) is 0 Å². The van der Waals surface area contributed by atoms with E-state index < -0.39 is 0 Å². The summed E-state index contributed by atoms with van der Waals surface area (Å²) in [5.74, 6) is 0.207. The average molecular weight is 269 g/mol. The lowest BCUT2D eigenvalue weighted by Gasteiger charge is -2.02. The zero-order valence-electron chi connectivity index (χ0n) is 8.57. The summed E-state index contributed by atoms with van der Waals surface area (Å²) in [6.07, 6.45) is 5.20. The Balaban J connectivity index is 2.55. The summed E-state index contributed by atoms with van der Waals surface area (Å²) >= 11 is 3.31. The fourth-order valence-corrected chi connectivity index (χ4v) is 1.38. The molecule has 2 nitrogen and oxygen atoms in total. The quantitative estimate of drug-likeness (QED) is 0.473. The fourth-order valence-electron chi connectivity index (χ4n) is 1.02. The van der Waals surface area contributed by atoms with Crippen molar-refractivity contribution in [1.82, 2.24) is 0 Å². The number of hydrogen-bond donors (Lipinski definition) is 0. The third kappa shape index (κ3) is 4.30. The molecular formula is C12H13BrO2. The molecule has 0 unspecified atom stereocenters. The second-order valence-corrected chi connectivity index (χ2v) is 3.90. The highest BCUT2D eigenvalue weighted by Crippen LogP contribution is 2.23. The Kier molecular flexibility index (Phi) is 5.12. The third-order valence-corrected chi connectivity index (χ3v) is 2.41. The van der Waals surface area contributed by atoms with Gasteiger partial charge in [0.1, 0.15) is 5.75 Å². The lowest BCUT2D eigenvalue weighted by atomic mass is 10.3. The Morgan fingerprint density at radius 2 is 2.20 bits per heavy atom. The van der Waals surface area contributed by atoms with Crippen molar-refractivity contribution in [3.8, 4) is 5.75 Å². The molecule has 1 rings (SSSR count). The highest BCUT2D eigenvalue weighted by atomic mass is 79.9. The number of rotatable bonds is 4. The lowest BCUT2D eigenvalue weighted by molar-refractivity contribution is -0.129. The molecule has 0 saturated heterocycles. The van der Waals surface area contributed by atoms with Gasteiger partial charge in [0.25, 0.3) is 0 Å². The Labute approximate surface area is 98.1 Å². The van der Waals surface area contributed by atoms with Gasteiger partial charge in [-0.3, -0.25) is 0 Å². The first-order valence-electron chi connectivity index (χ1n) is 4.87. The van der Waals surface area contributed by atoms with Crippen LogP contribution in [0.2, 0.25) is 0 Å². The average Bonchev–Trinajstić information content (AvgIpc) is 2.22. The number of hydrogen-bond acceptors (Lipinski definition) is 2. The molecule has 0 aromatic heterocycles. The zero-order valence-corrected chi connectivity index (χ0v) is 10.2. The number of halogens is 1. The normalized spacial score (nSPS) is 10.5. The third-order valence-electron chi connectivity index (χ3n) is 1.76. The SMILES string of the molecule is CCC/C=C/C(=O)Oc1ccccc1Br. The van der Waals surface area contributed by atoms with Crippen LogP contribution in [-0.2, 0) is 4.79 Å². The second kappa shape index (κ2) is 6.40. The minimum atomic E-state index is -0.338. The predicted octanol–water partition coefficient (Wildman–Crippen LogP) is 3.71. The molecule has 15 heavy (non-hydrogen) atoms. The standard InChI is InChI=1S/C12H13BrO2/c1-2-3-4-9-12(14)15-11-8-6-5-7-10(11)13/h4-9H,2-3H2,1H3/b9-4+. The van der Waals surface area contributed by atoms with Crippen LogP contribution in [0.5, 0.6) is 5.75 Å². The van der Waals surface area contributed by atoms with Gasteiger partial charge < -0.3 is 4.74 Å². The van der Waals surface area contributed by atoms with Gasteiger partial charge in [-0.05, 0) is 34.5 Å². The molecule has 0 amide bonds. The number of allylic oxidation sites excluding steroid dienone is 1. The fraction of sp³-hybridized carbons (Fsp3) is 0.250. The van der Waals surface area contributed by atoms with Crippen molar-refractivity contribution < 1.29 is 9.53 Å². The van der Waals surface area contributed by atoms with Gasteiger partial charge in [0.2, 0.25) is 0 Å². The van der Waals surface area contributed by atoms with E-state index in [1.807, 2.05) is 24.3 Å². The number of unbranched alkanes of at least 4 members (excludes halogenated alkanes) is 1. The molecule has 1 aromatic carbocycles. The molecular weight excluding hydrogens is 256 g/mol. The Morgan fingerprint density at radius 1 is 1.47 bits per heavy atom. The number of carbonyl (C=O) groups is 1. The van der Waals surface area contributed by atoms with E-state index >= 15 is 0 Å². The Morgan fingerprint density at radius 3 is 2.87 bits per heavy atom. The maximum Gasteiger partial charge on any atom is 0.335 e. The van der Waals surface area contributed by atoms with Crippen molar-refractivity contribution in [3.63, 3.8) is 0 Å². The molecule has 0 aliphatic rings. The first-order valence-corrected chi connectivity index (χ1v) is 5.66. The zero-order chi connectivity index (χ0) is 11.1. The molecule has 0 fully saturated rings. The number of carbonyl (C=O) groups excluding carboxylic acids is 1. The van der Waals surface area contributed by atoms with E-state index in [4.69, 9.17) is 4.74 Å². The molecule has 0 aliphatic carbocycles. The number of ether oxygens (including phenoxy) is 1. The predicted molar refractivity (Wildman–Crippen MR) is 63.8 cm³/mol. The summed E-state index contributed by atoms with van der Waals surface area (Å²) in [4.78, 5) is 11.3. The maximum absolute atomic E-state index is 11.3. The van der Waals surface area contributed by atoms with Crippen LogP contribution in [-0.4, -0.2) is 5.97 Å². The smallest absolute Gasteiger partial charge is 0.335 e. The van der Waals surface area contributed by atoms with Gasteiger partial charge in [0.05, 0.1) is 4.47 Å². The molecule has 0 spiro atoms. The lowest BCUT2D eigenvalue weighted by Crippen LogP contribution is -2.03. The number of para-hydroxylation sites is 1. The molecule has 80 valence electrons. The minimum absolute atomic E-state index is 0.338. The minimum Gasteiger partial charge on any atom is -0.422 e. The van der Waals surface area contributed by atoms with Crippen LogP contribution in [0.15, 0.2) is 40.9 Å². The van der Waals surface area contributed by atoms with Crippen LogP contribution in [0.1, 0.15) is 19.8 Å². The van der Waals surface area contributed by atoms with Crippen molar-refractivity contribution in [2.75, 3.05) is 0 Å². The molecule has 0 radical (unpaired) electrons. The van der Waals surface area contributed by atoms with E-state index in [9.17, 15) is 4.79 Å². The van der Waals surface area contributed by atoms with Gasteiger partial charge in [-0.15, -0.1) is 0 Å². The first-order chi connectivity index (χ1) is 7.24. The van der Waals surface area contributed by atoms with Crippen molar-refractivity contribution in [2.24, 2.45) is 0 Å². The maximum atomic E-state index is 11.3. The van der Waals surface area contributed by atoms with E-state index in [2.05, 4.69) is 22.9 Å². The summed E-state index contributed by atoms with van der Waals surface area (Å²) < 4.78 is 5.90. The first kappa shape index (κ1) is 12.0. The topological polar surface area (TPSA) is 26.3 Å². The largest absolute Gasteiger partial charge is 0.422 e. The highest BCUT2D eigenvalue weighted by molar-refractivity contribution is 9.10. The van der Waals surface area contributed by atoms with Crippen LogP contribution in [0.4, 0.5) is 0 Å². The van der Waals surface area contributed by atoms with E-state index in [-0.39, 0.29) is 5.97 Å². The van der Waals surface area contributed by atoms with Gasteiger partial charge in [-0.1, -0.05) is 31.6 Å². The summed E-state index contributed by atoms with van der Waals surface area (Å²) in [5.41, 5.74) is 0. The van der Waals surface area contributed by atoms with Crippen molar-refractivity contribution in [2.45, 2.75) is 19.8 Å². The summed E-state index contributed by atoms with van der Waals surface area (Å²) in [5, 5.41) is 0.